The van der Waals surface area contributed by atoms with Gasteiger partial charge in [-0.15, -0.1) is 0 Å². The van der Waals surface area contributed by atoms with E-state index in [1.165, 1.54) is 0 Å². The van der Waals surface area contributed by atoms with Gasteiger partial charge in [0.15, 0.2) is 0 Å². The first-order valence-corrected chi connectivity index (χ1v) is 10.4. The number of carbonyl (C=O) groups is 3. The maximum Gasteiger partial charge on any atom is 0.410 e. The first-order chi connectivity index (χ1) is 13.5. The van der Waals surface area contributed by atoms with E-state index in [1.54, 1.807) is 67.2 Å². The maximum atomic E-state index is 12.5. The zero-order valence-corrected chi connectivity index (χ0v) is 20.1. The fraction of sp³-hybridized carbons (Fsp3) is 0.857. The minimum Gasteiger partial charge on any atom is -0.444 e. The average molecular weight is 432 g/mol. The predicted molar refractivity (Wildman–Crippen MR) is 116 cm³/mol. The van der Waals surface area contributed by atoms with Gasteiger partial charge in [-0.1, -0.05) is 0 Å². The fourth-order valence-electron chi connectivity index (χ4n) is 2.17. The molecule has 0 saturated carbocycles. The van der Waals surface area contributed by atoms with Gasteiger partial charge in [0.25, 0.3) is 0 Å². The van der Waals surface area contributed by atoms with Gasteiger partial charge < -0.3 is 29.7 Å². The van der Waals surface area contributed by atoms with E-state index < -0.39 is 35.1 Å². The molecule has 0 aromatic carbocycles. The Balaban J connectivity index is 4.51. The summed E-state index contributed by atoms with van der Waals surface area (Å²) in [6.07, 6.45) is -0.339. The highest BCUT2D eigenvalue weighted by atomic mass is 16.6. The molecule has 0 aliphatic rings. The monoisotopic (exact) mass is 431 g/mol. The normalized spacial score (nSPS) is 12.0. The standard InChI is InChI=1S/C21H41N3O6/c1-19(2,3)28-16(25)22-12-10-14-24(18(27)30-21(7,8)9)15-11-13-23-17(26)29-20(4,5)6/h10-15H2,1-9H3,(H,22,25)(H,23,26). The summed E-state index contributed by atoms with van der Waals surface area (Å²) in [6, 6.07) is 0. The van der Waals surface area contributed by atoms with Gasteiger partial charge in [-0.2, -0.15) is 0 Å². The number of hydrogen-bond acceptors (Lipinski definition) is 6. The number of carbonyl (C=O) groups excluding carboxylic acids is 3. The van der Waals surface area contributed by atoms with Crippen LogP contribution in [0.4, 0.5) is 14.4 Å². The van der Waals surface area contributed by atoms with E-state index in [9.17, 15) is 14.4 Å². The smallest absolute Gasteiger partial charge is 0.410 e. The Morgan fingerprint density at radius 2 is 0.967 bits per heavy atom. The molecule has 0 unspecified atom stereocenters. The van der Waals surface area contributed by atoms with Crippen LogP contribution in [0.3, 0.4) is 0 Å². The number of hydrogen-bond donors (Lipinski definition) is 2. The summed E-state index contributed by atoms with van der Waals surface area (Å²) < 4.78 is 15.8. The number of amides is 3. The molecule has 30 heavy (non-hydrogen) atoms. The highest BCUT2D eigenvalue weighted by Gasteiger charge is 2.22. The molecule has 9 heteroatoms. The van der Waals surface area contributed by atoms with Crippen molar-refractivity contribution in [2.24, 2.45) is 0 Å². The molecule has 0 aromatic rings. The fourth-order valence-corrected chi connectivity index (χ4v) is 2.17. The SMILES string of the molecule is CC(C)(C)OC(=O)NCCCN(CCCNC(=O)OC(C)(C)C)C(=O)OC(C)(C)C. The van der Waals surface area contributed by atoms with E-state index in [-0.39, 0.29) is 0 Å². The summed E-state index contributed by atoms with van der Waals surface area (Å²) in [7, 11) is 0. The van der Waals surface area contributed by atoms with Crippen molar-refractivity contribution in [2.75, 3.05) is 26.2 Å². The number of nitrogens with zero attached hydrogens (tertiary/aromatic N) is 1. The summed E-state index contributed by atoms with van der Waals surface area (Å²) in [5, 5.41) is 5.34. The minimum atomic E-state index is -0.612. The number of nitrogens with one attached hydrogen (secondary N) is 2. The highest BCUT2D eigenvalue weighted by molar-refractivity contribution is 5.69. The first kappa shape index (κ1) is 27.8. The largest absolute Gasteiger partial charge is 0.444 e. The molecule has 0 aliphatic heterocycles. The van der Waals surface area contributed by atoms with Crippen LogP contribution in [-0.4, -0.2) is 66.2 Å². The molecule has 2 N–H and O–H groups in total. The van der Waals surface area contributed by atoms with Crippen molar-refractivity contribution in [1.82, 2.24) is 15.5 Å². The van der Waals surface area contributed by atoms with Crippen LogP contribution in [0.25, 0.3) is 0 Å². The van der Waals surface area contributed by atoms with Crippen molar-refractivity contribution < 1.29 is 28.6 Å². The van der Waals surface area contributed by atoms with Crippen LogP contribution >= 0.6 is 0 Å². The summed E-state index contributed by atoms with van der Waals surface area (Å²) in [4.78, 5) is 37.5. The molecule has 0 bridgehead atoms. The Kier molecular flexibility index (Phi) is 11.0. The lowest BCUT2D eigenvalue weighted by atomic mass is 10.2. The van der Waals surface area contributed by atoms with Gasteiger partial charge in [0.1, 0.15) is 16.8 Å². The van der Waals surface area contributed by atoms with Crippen molar-refractivity contribution in [2.45, 2.75) is 92.0 Å². The predicted octanol–water partition coefficient (Wildman–Crippen LogP) is 4.05. The van der Waals surface area contributed by atoms with Crippen molar-refractivity contribution in [3.05, 3.63) is 0 Å². The van der Waals surface area contributed by atoms with Gasteiger partial charge in [-0.25, -0.2) is 14.4 Å². The van der Waals surface area contributed by atoms with Gasteiger partial charge in [0.05, 0.1) is 0 Å². The molecule has 176 valence electrons. The second-order valence-electron chi connectivity index (χ2n) is 10.0. The Morgan fingerprint density at radius 3 is 1.27 bits per heavy atom. The molecule has 3 amide bonds. The van der Waals surface area contributed by atoms with E-state index in [2.05, 4.69) is 10.6 Å². The third kappa shape index (κ3) is 16.7. The van der Waals surface area contributed by atoms with Crippen molar-refractivity contribution in [3.63, 3.8) is 0 Å². The Hall–Kier alpha value is -2.19. The van der Waals surface area contributed by atoms with Crippen LogP contribution in [0.2, 0.25) is 0 Å². The summed E-state index contributed by atoms with van der Waals surface area (Å²) in [6.45, 7) is 17.7. The highest BCUT2D eigenvalue weighted by Crippen LogP contribution is 2.11. The van der Waals surface area contributed by atoms with Gasteiger partial charge in [0, 0.05) is 26.2 Å². The van der Waals surface area contributed by atoms with Crippen molar-refractivity contribution >= 4 is 18.3 Å². The van der Waals surface area contributed by atoms with Crippen LogP contribution < -0.4 is 10.6 Å². The lowest BCUT2D eigenvalue weighted by Gasteiger charge is -2.27. The van der Waals surface area contributed by atoms with Crippen LogP contribution in [0.15, 0.2) is 0 Å². The van der Waals surface area contributed by atoms with E-state index in [0.717, 1.165) is 0 Å². The summed E-state index contributed by atoms with van der Waals surface area (Å²) >= 11 is 0. The third-order valence-corrected chi connectivity index (χ3v) is 3.20. The number of alkyl carbamates (subject to hydrolysis) is 2. The molecule has 0 atom stereocenters. The molecule has 0 aromatic heterocycles. The topological polar surface area (TPSA) is 106 Å². The van der Waals surface area contributed by atoms with Crippen LogP contribution in [0.5, 0.6) is 0 Å². The van der Waals surface area contributed by atoms with E-state index in [1.807, 2.05) is 0 Å². The Labute approximate surface area is 181 Å². The van der Waals surface area contributed by atoms with Gasteiger partial charge in [-0.3, -0.25) is 0 Å². The van der Waals surface area contributed by atoms with Gasteiger partial charge >= 0.3 is 18.3 Å². The summed E-state index contributed by atoms with van der Waals surface area (Å²) in [5.41, 5.74) is -1.74. The van der Waals surface area contributed by atoms with E-state index >= 15 is 0 Å². The molecule has 0 rings (SSSR count). The lowest BCUT2D eigenvalue weighted by Crippen LogP contribution is -2.40. The van der Waals surface area contributed by atoms with E-state index in [0.29, 0.717) is 39.0 Å². The lowest BCUT2D eigenvalue weighted by molar-refractivity contribution is 0.0245. The second-order valence-corrected chi connectivity index (χ2v) is 10.0. The molecular formula is C21H41N3O6. The van der Waals surface area contributed by atoms with E-state index in [4.69, 9.17) is 14.2 Å². The molecule has 0 radical (unpaired) electrons. The first-order valence-electron chi connectivity index (χ1n) is 10.4. The Morgan fingerprint density at radius 1 is 0.633 bits per heavy atom. The van der Waals surface area contributed by atoms with Crippen molar-refractivity contribution in [3.8, 4) is 0 Å². The number of ether oxygens (including phenoxy) is 3. The quantitative estimate of drug-likeness (QED) is 0.443. The molecule has 0 fully saturated rings. The summed E-state index contributed by atoms with van der Waals surface area (Å²) in [5.74, 6) is 0. The van der Waals surface area contributed by atoms with Gasteiger partial charge in [-0.05, 0) is 75.2 Å². The second kappa shape index (κ2) is 11.9. The molecule has 9 nitrogen and oxygen atoms in total. The zero-order valence-electron chi connectivity index (χ0n) is 20.1. The van der Waals surface area contributed by atoms with Crippen LogP contribution in [0, 0.1) is 0 Å². The van der Waals surface area contributed by atoms with Crippen LogP contribution in [0.1, 0.15) is 75.2 Å². The van der Waals surface area contributed by atoms with Crippen LogP contribution in [-0.2, 0) is 14.2 Å². The maximum absolute atomic E-state index is 12.5. The molecule has 0 spiro atoms. The third-order valence-electron chi connectivity index (χ3n) is 3.20. The molecule has 0 aliphatic carbocycles. The molecular weight excluding hydrogens is 390 g/mol. The van der Waals surface area contributed by atoms with Crippen molar-refractivity contribution in [1.29, 1.82) is 0 Å². The molecule has 0 heterocycles. The minimum absolute atomic E-state index is 0.365. The Bertz CT molecular complexity index is 523. The van der Waals surface area contributed by atoms with Gasteiger partial charge in [0.2, 0.25) is 0 Å². The average Bonchev–Trinajstić information content (AvgIpc) is 2.47. The zero-order chi connectivity index (χ0) is 23.6. The molecule has 0 saturated heterocycles. The number of rotatable bonds is 8.